The number of aliphatic hydroxyl groups excluding tert-OH is 1. The van der Waals surface area contributed by atoms with Crippen LogP contribution in [0.4, 0.5) is 4.39 Å². The first-order chi connectivity index (χ1) is 9.19. The molecule has 0 bridgehead atoms. The molecule has 2 heterocycles. The van der Waals surface area contributed by atoms with Crippen LogP contribution in [0.25, 0.3) is 11.0 Å². The van der Waals surface area contributed by atoms with Crippen LogP contribution in [0, 0.1) is 11.7 Å². The Balaban J connectivity index is 1.90. The highest BCUT2D eigenvalue weighted by Crippen LogP contribution is 2.36. The summed E-state index contributed by atoms with van der Waals surface area (Å²) in [5.74, 6) is 0.245. The van der Waals surface area contributed by atoms with Crippen molar-refractivity contribution in [3.63, 3.8) is 0 Å². The Morgan fingerprint density at radius 1 is 1.42 bits per heavy atom. The summed E-state index contributed by atoms with van der Waals surface area (Å²) in [6.07, 6.45) is 1.07. The molecule has 1 N–H and O–H groups in total. The van der Waals surface area contributed by atoms with Gasteiger partial charge >= 0.3 is 0 Å². The van der Waals surface area contributed by atoms with Crippen molar-refractivity contribution in [3.05, 3.63) is 35.8 Å². The molecule has 0 saturated carbocycles. The van der Waals surface area contributed by atoms with Gasteiger partial charge < -0.3 is 14.3 Å². The molecule has 1 aliphatic rings. The maximum absolute atomic E-state index is 13.1. The van der Waals surface area contributed by atoms with Gasteiger partial charge in [0.15, 0.2) is 0 Å². The lowest BCUT2D eigenvalue weighted by Crippen LogP contribution is -2.21. The van der Waals surface area contributed by atoms with Gasteiger partial charge in [-0.3, -0.25) is 0 Å². The van der Waals surface area contributed by atoms with Gasteiger partial charge in [0.25, 0.3) is 0 Å². The Morgan fingerprint density at radius 2 is 2.26 bits per heavy atom. The van der Waals surface area contributed by atoms with Crippen molar-refractivity contribution in [2.45, 2.75) is 32.0 Å². The number of halogens is 1. The molecular formula is C15H17FO3. The van der Waals surface area contributed by atoms with E-state index >= 15 is 0 Å². The van der Waals surface area contributed by atoms with Gasteiger partial charge in [-0.2, -0.15) is 0 Å². The van der Waals surface area contributed by atoms with Crippen molar-refractivity contribution in [1.82, 2.24) is 0 Å². The van der Waals surface area contributed by atoms with Crippen LogP contribution in [0.2, 0.25) is 0 Å². The van der Waals surface area contributed by atoms with Gasteiger partial charge in [-0.1, -0.05) is 6.92 Å². The van der Waals surface area contributed by atoms with Crippen molar-refractivity contribution < 1.29 is 18.7 Å². The van der Waals surface area contributed by atoms with E-state index in [1.54, 1.807) is 12.1 Å². The van der Waals surface area contributed by atoms with E-state index in [4.69, 9.17) is 9.15 Å². The first-order valence-electron chi connectivity index (χ1n) is 6.67. The average Bonchev–Trinajstić information content (AvgIpc) is 3.03. The van der Waals surface area contributed by atoms with Gasteiger partial charge in [0, 0.05) is 17.9 Å². The van der Waals surface area contributed by atoms with Crippen LogP contribution >= 0.6 is 0 Å². The number of fused-ring (bicyclic) bond motifs is 1. The second-order valence-electron chi connectivity index (χ2n) is 5.05. The molecule has 0 spiro atoms. The van der Waals surface area contributed by atoms with Crippen LogP contribution < -0.4 is 0 Å². The molecule has 4 heteroatoms. The summed E-state index contributed by atoms with van der Waals surface area (Å²) >= 11 is 0. The van der Waals surface area contributed by atoms with Crippen LogP contribution in [0.15, 0.2) is 28.7 Å². The van der Waals surface area contributed by atoms with E-state index in [2.05, 4.69) is 0 Å². The molecule has 3 rings (SSSR count). The molecule has 102 valence electrons. The summed E-state index contributed by atoms with van der Waals surface area (Å²) in [5, 5.41) is 11.1. The molecule has 0 radical (unpaired) electrons. The van der Waals surface area contributed by atoms with Gasteiger partial charge in [-0.05, 0) is 37.1 Å². The smallest absolute Gasteiger partial charge is 0.134 e. The second-order valence-corrected chi connectivity index (χ2v) is 5.05. The number of hydrogen-bond acceptors (Lipinski definition) is 3. The first-order valence-corrected chi connectivity index (χ1v) is 6.67. The predicted molar refractivity (Wildman–Crippen MR) is 69.3 cm³/mol. The highest BCUT2D eigenvalue weighted by molar-refractivity contribution is 5.77. The number of aliphatic hydroxyl groups is 1. The van der Waals surface area contributed by atoms with Crippen LogP contribution in [0.5, 0.6) is 0 Å². The quantitative estimate of drug-likeness (QED) is 0.923. The fourth-order valence-electron chi connectivity index (χ4n) is 2.84. The van der Waals surface area contributed by atoms with Crippen molar-refractivity contribution in [2.24, 2.45) is 5.92 Å². The number of hydrogen-bond donors (Lipinski definition) is 1. The molecule has 1 saturated heterocycles. The summed E-state index contributed by atoms with van der Waals surface area (Å²) in [7, 11) is 0. The molecule has 1 aromatic heterocycles. The third-order valence-corrected chi connectivity index (χ3v) is 3.86. The fourth-order valence-corrected chi connectivity index (χ4v) is 2.84. The van der Waals surface area contributed by atoms with E-state index in [9.17, 15) is 9.50 Å². The third-order valence-electron chi connectivity index (χ3n) is 3.86. The summed E-state index contributed by atoms with van der Waals surface area (Å²) < 4.78 is 24.3. The van der Waals surface area contributed by atoms with E-state index in [1.807, 2.05) is 6.92 Å². The van der Waals surface area contributed by atoms with Gasteiger partial charge in [0.1, 0.15) is 23.3 Å². The molecule has 0 amide bonds. The zero-order valence-electron chi connectivity index (χ0n) is 10.8. The van der Waals surface area contributed by atoms with E-state index in [1.165, 1.54) is 12.1 Å². The van der Waals surface area contributed by atoms with Gasteiger partial charge in [0.2, 0.25) is 0 Å². The lowest BCUT2D eigenvalue weighted by atomic mass is 9.92. The molecule has 1 fully saturated rings. The van der Waals surface area contributed by atoms with Gasteiger partial charge in [-0.15, -0.1) is 0 Å². The van der Waals surface area contributed by atoms with Crippen LogP contribution in [0.3, 0.4) is 0 Å². The minimum absolute atomic E-state index is 0.0513. The lowest BCUT2D eigenvalue weighted by molar-refractivity contribution is 0.0218. The summed E-state index contributed by atoms with van der Waals surface area (Å²) in [6, 6.07) is 6.07. The zero-order chi connectivity index (χ0) is 13.4. The number of benzene rings is 1. The molecular weight excluding hydrogens is 247 g/mol. The molecule has 3 unspecified atom stereocenters. The summed E-state index contributed by atoms with van der Waals surface area (Å²) in [5.41, 5.74) is 0.599. The fraction of sp³-hybridized carbons (Fsp3) is 0.467. The van der Waals surface area contributed by atoms with E-state index in [-0.39, 0.29) is 17.8 Å². The maximum atomic E-state index is 13.1. The number of ether oxygens (including phenoxy) is 1. The summed E-state index contributed by atoms with van der Waals surface area (Å²) in [6.45, 7) is 2.72. The van der Waals surface area contributed by atoms with E-state index in [0.717, 1.165) is 12.8 Å². The van der Waals surface area contributed by atoms with Crippen molar-refractivity contribution in [2.75, 3.05) is 6.61 Å². The predicted octanol–water partition coefficient (Wildman–Crippen LogP) is 3.42. The monoisotopic (exact) mass is 264 g/mol. The van der Waals surface area contributed by atoms with Crippen molar-refractivity contribution in [1.29, 1.82) is 0 Å². The highest BCUT2D eigenvalue weighted by atomic mass is 19.1. The Hall–Kier alpha value is -1.39. The Kier molecular flexibility index (Phi) is 3.29. The van der Waals surface area contributed by atoms with Crippen LogP contribution in [0.1, 0.15) is 31.6 Å². The van der Waals surface area contributed by atoms with E-state index in [0.29, 0.717) is 23.3 Å². The first kappa shape index (κ1) is 12.6. The van der Waals surface area contributed by atoms with Gasteiger partial charge in [-0.25, -0.2) is 4.39 Å². The van der Waals surface area contributed by atoms with Crippen molar-refractivity contribution in [3.8, 4) is 0 Å². The topological polar surface area (TPSA) is 42.6 Å². The normalized spacial score (nSPS) is 25.0. The summed E-state index contributed by atoms with van der Waals surface area (Å²) in [4.78, 5) is 0. The van der Waals surface area contributed by atoms with Crippen molar-refractivity contribution >= 4 is 11.0 Å². The van der Waals surface area contributed by atoms with E-state index < -0.39 is 6.10 Å². The van der Waals surface area contributed by atoms with Crippen LogP contribution in [-0.2, 0) is 4.74 Å². The molecule has 1 aliphatic heterocycles. The minimum atomic E-state index is -0.692. The zero-order valence-corrected chi connectivity index (χ0v) is 10.8. The Morgan fingerprint density at radius 3 is 3.05 bits per heavy atom. The largest absolute Gasteiger partial charge is 0.458 e. The average molecular weight is 264 g/mol. The molecule has 1 aromatic carbocycles. The molecule has 19 heavy (non-hydrogen) atoms. The Bertz CT molecular complexity index is 578. The van der Waals surface area contributed by atoms with Gasteiger partial charge in [0.05, 0.1) is 6.10 Å². The number of rotatable bonds is 3. The van der Waals surface area contributed by atoms with Crippen LogP contribution in [-0.4, -0.2) is 17.8 Å². The molecule has 0 aliphatic carbocycles. The second kappa shape index (κ2) is 4.94. The maximum Gasteiger partial charge on any atom is 0.134 e. The minimum Gasteiger partial charge on any atom is -0.458 e. The SMILES string of the molecule is CCC1OCCC1C(O)c1cc2cc(F)ccc2o1. The lowest BCUT2D eigenvalue weighted by Gasteiger charge is -2.20. The molecule has 3 atom stereocenters. The number of furan rings is 1. The third kappa shape index (κ3) is 2.26. The Labute approximate surface area is 111 Å². The molecule has 2 aromatic rings. The molecule has 3 nitrogen and oxygen atoms in total. The highest BCUT2D eigenvalue weighted by Gasteiger charge is 2.35. The standard InChI is InChI=1S/C15H17FO3/c1-2-12-11(5-6-18-12)15(17)14-8-9-7-10(16)3-4-13(9)19-14/h3-4,7-8,11-12,15,17H,2,5-6H2,1H3.